The third kappa shape index (κ3) is 4.75. The molecule has 8 heteroatoms. The zero-order valence-corrected chi connectivity index (χ0v) is 11.9. The largest absolute Gasteiger partial charge is 0.348 e. The second-order valence-electron chi connectivity index (χ2n) is 4.73. The van der Waals surface area contributed by atoms with Crippen molar-refractivity contribution in [3.63, 3.8) is 0 Å². The highest BCUT2D eigenvalue weighted by Gasteiger charge is 2.17. The van der Waals surface area contributed by atoms with Gasteiger partial charge in [0.05, 0.1) is 18.8 Å². The molecule has 1 N–H and O–H groups in total. The number of likely N-dealkylation sites (N-methyl/N-ethyl adjacent to an activating group) is 2. The number of rotatable bonds is 5. The van der Waals surface area contributed by atoms with Crippen molar-refractivity contribution in [2.45, 2.75) is 0 Å². The third-order valence-electron chi connectivity index (χ3n) is 2.63. The summed E-state index contributed by atoms with van der Waals surface area (Å²) >= 11 is 0. The number of carbonyl (C=O) groups excluding carboxylic acids is 2. The van der Waals surface area contributed by atoms with Crippen molar-refractivity contribution in [2.24, 2.45) is 0 Å². The molecule has 116 valence electrons. The Labute approximate surface area is 120 Å². The van der Waals surface area contributed by atoms with Gasteiger partial charge >= 0.3 is 0 Å². The molecule has 0 atom stereocenters. The van der Waals surface area contributed by atoms with Gasteiger partial charge in [-0.05, 0) is 19.2 Å². The Morgan fingerprint density at radius 2 is 1.67 bits per heavy atom. The molecule has 0 aliphatic heterocycles. The highest BCUT2D eigenvalue weighted by molar-refractivity contribution is 5.92. The van der Waals surface area contributed by atoms with Gasteiger partial charge in [-0.2, -0.15) is 0 Å². The maximum Gasteiger partial charge on any atom is 0.238 e. The van der Waals surface area contributed by atoms with E-state index < -0.39 is 29.0 Å². The van der Waals surface area contributed by atoms with Crippen LogP contribution in [0.3, 0.4) is 0 Å². The second-order valence-corrected chi connectivity index (χ2v) is 4.73. The van der Waals surface area contributed by atoms with Crippen molar-refractivity contribution >= 4 is 17.5 Å². The van der Waals surface area contributed by atoms with Crippen LogP contribution in [-0.4, -0.2) is 55.8 Å². The maximum absolute atomic E-state index is 13.4. The Morgan fingerprint density at radius 3 is 2.24 bits per heavy atom. The summed E-state index contributed by atoms with van der Waals surface area (Å²) in [6.07, 6.45) is 0. The van der Waals surface area contributed by atoms with Gasteiger partial charge in [-0.15, -0.1) is 0 Å². The lowest BCUT2D eigenvalue weighted by Crippen LogP contribution is -2.38. The molecular weight excluding hydrogens is 287 g/mol. The SMILES string of the molecule is CN(CC(=O)Nc1ccc(F)c(F)c1F)CC(=O)N(C)C. The van der Waals surface area contributed by atoms with Crippen molar-refractivity contribution in [2.75, 3.05) is 39.5 Å². The van der Waals surface area contributed by atoms with Gasteiger partial charge in [0.15, 0.2) is 17.5 Å². The van der Waals surface area contributed by atoms with Crippen LogP contribution >= 0.6 is 0 Å². The summed E-state index contributed by atoms with van der Waals surface area (Å²) in [5.74, 6) is -5.29. The van der Waals surface area contributed by atoms with Gasteiger partial charge in [0.1, 0.15) is 0 Å². The Kier molecular flexibility index (Phi) is 5.71. The van der Waals surface area contributed by atoms with Crippen LogP contribution in [0.25, 0.3) is 0 Å². The quantitative estimate of drug-likeness (QED) is 0.828. The molecule has 0 aliphatic carbocycles. The summed E-state index contributed by atoms with van der Waals surface area (Å²) in [4.78, 5) is 25.9. The summed E-state index contributed by atoms with van der Waals surface area (Å²) in [5.41, 5.74) is -0.453. The number of halogens is 3. The van der Waals surface area contributed by atoms with Gasteiger partial charge in [0.25, 0.3) is 0 Å². The van der Waals surface area contributed by atoms with Gasteiger partial charge in [0.2, 0.25) is 11.8 Å². The third-order valence-corrected chi connectivity index (χ3v) is 2.63. The lowest BCUT2D eigenvalue weighted by Gasteiger charge is -2.18. The molecule has 1 aromatic rings. The predicted molar refractivity (Wildman–Crippen MR) is 71.1 cm³/mol. The van der Waals surface area contributed by atoms with E-state index in [9.17, 15) is 22.8 Å². The van der Waals surface area contributed by atoms with Gasteiger partial charge < -0.3 is 10.2 Å². The molecule has 0 bridgehead atoms. The van der Waals surface area contributed by atoms with Crippen molar-refractivity contribution in [1.29, 1.82) is 0 Å². The fraction of sp³-hybridized carbons (Fsp3) is 0.385. The van der Waals surface area contributed by atoms with E-state index in [0.29, 0.717) is 6.07 Å². The van der Waals surface area contributed by atoms with Crippen molar-refractivity contribution in [3.05, 3.63) is 29.6 Å². The number of hydrogen-bond donors (Lipinski definition) is 1. The van der Waals surface area contributed by atoms with E-state index in [2.05, 4.69) is 5.32 Å². The Morgan fingerprint density at radius 1 is 1.05 bits per heavy atom. The minimum Gasteiger partial charge on any atom is -0.348 e. The molecule has 0 heterocycles. The molecule has 0 radical (unpaired) electrons. The average Bonchev–Trinajstić information content (AvgIpc) is 2.39. The maximum atomic E-state index is 13.4. The second kappa shape index (κ2) is 7.07. The predicted octanol–water partition coefficient (Wildman–Crippen LogP) is 1.06. The zero-order valence-electron chi connectivity index (χ0n) is 11.9. The summed E-state index contributed by atoms with van der Waals surface area (Å²) in [7, 11) is 4.68. The molecule has 0 spiro atoms. The van der Waals surface area contributed by atoms with E-state index in [0.717, 1.165) is 6.07 Å². The van der Waals surface area contributed by atoms with Crippen LogP contribution in [-0.2, 0) is 9.59 Å². The van der Waals surface area contributed by atoms with E-state index in [1.54, 1.807) is 14.1 Å². The van der Waals surface area contributed by atoms with Gasteiger partial charge in [-0.1, -0.05) is 0 Å². The minimum absolute atomic E-state index is 0.000676. The number of hydrogen-bond acceptors (Lipinski definition) is 3. The molecule has 2 amide bonds. The number of anilines is 1. The van der Waals surface area contributed by atoms with Crippen LogP contribution < -0.4 is 5.32 Å². The van der Waals surface area contributed by atoms with E-state index in [1.165, 1.54) is 16.8 Å². The number of amides is 2. The Bertz CT molecular complexity index is 550. The molecule has 0 fully saturated rings. The molecule has 0 aliphatic rings. The van der Waals surface area contributed by atoms with Crippen LogP contribution in [0.1, 0.15) is 0 Å². The van der Waals surface area contributed by atoms with Crippen LogP contribution in [0.15, 0.2) is 12.1 Å². The molecule has 21 heavy (non-hydrogen) atoms. The normalized spacial score (nSPS) is 10.6. The first-order chi connectivity index (χ1) is 9.72. The van der Waals surface area contributed by atoms with Gasteiger partial charge in [0, 0.05) is 14.1 Å². The molecule has 1 rings (SSSR count). The highest BCUT2D eigenvalue weighted by Crippen LogP contribution is 2.19. The fourth-order valence-corrected chi connectivity index (χ4v) is 1.49. The summed E-state index contributed by atoms with van der Waals surface area (Å²) in [6.45, 7) is -0.196. The number of benzene rings is 1. The van der Waals surface area contributed by atoms with Crippen molar-refractivity contribution in [1.82, 2.24) is 9.80 Å². The topological polar surface area (TPSA) is 52.7 Å². The van der Waals surface area contributed by atoms with Crippen LogP contribution in [0.5, 0.6) is 0 Å². The molecule has 0 unspecified atom stereocenters. The smallest absolute Gasteiger partial charge is 0.238 e. The Hall–Kier alpha value is -2.09. The molecule has 5 nitrogen and oxygen atoms in total. The van der Waals surface area contributed by atoms with Crippen LogP contribution in [0.4, 0.5) is 18.9 Å². The molecular formula is C13H16F3N3O2. The number of nitrogens with one attached hydrogen (secondary N) is 1. The number of carbonyl (C=O) groups is 2. The zero-order chi connectivity index (χ0) is 16.2. The summed E-state index contributed by atoms with van der Waals surface area (Å²) in [6, 6.07) is 1.64. The minimum atomic E-state index is -1.65. The standard InChI is InChI=1S/C13H16F3N3O2/c1-18(2)11(21)7-19(3)6-10(20)17-9-5-4-8(14)12(15)13(9)16/h4-5H,6-7H2,1-3H3,(H,17,20). The fourth-order valence-electron chi connectivity index (χ4n) is 1.49. The monoisotopic (exact) mass is 303 g/mol. The van der Waals surface area contributed by atoms with Gasteiger partial charge in [-0.3, -0.25) is 14.5 Å². The molecule has 0 saturated heterocycles. The lowest BCUT2D eigenvalue weighted by molar-refractivity contribution is -0.130. The average molecular weight is 303 g/mol. The Balaban J connectivity index is 2.62. The van der Waals surface area contributed by atoms with Crippen molar-refractivity contribution < 1.29 is 22.8 Å². The summed E-state index contributed by atoms with van der Waals surface area (Å²) < 4.78 is 39.1. The van der Waals surface area contributed by atoms with E-state index in [1.807, 2.05) is 0 Å². The first-order valence-corrected chi connectivity index (χ1v) is 6.04. The molecule has 0 aromatic heterocycles. The van der Waals surface area contributed by atoms with E-state index in [-0.39, 0.29) is 19.0 Å². The first kappa shape index (κ1) is 17.0. The molecule has 1 aromatic carbocycles. The van der Waals surface area contributed by atoms with E-state index >= 15 is 0 Å². The van der Waals surface area contributed by atoms with Gasteiger partial charge in [-0.25, -0.2) is 13.2 Å². The van der Waals surface area contributed by atoms with Crippen molar-refractivity contribution in [3.8, 4) is 0 Å². The highest BCUT2D eigenvalue weighted by atomic mass is 19.2. The molecule has 0 saturated carbocycles. The van der Waals surface area contributed by atoms with Crippen LogP contribution in [0.2, 0.25) is 0 Å². The lowest BCUT2D eigenvalue weighted by atomic mass is 10.2. The van der Waals surface area contributed by atoms with E-state index in [4.69, 9.17) is 0 Å². The first-order valence-electron chi connectivity index (χ1n) is 6.04. The van der Waals surface area contributed by atoms with Crippen LogP contribution in [0, 0.1) is 17.5 Å². The number of nitrogens with zero attached hydrogens (tertiary/aromatic N) is 2. The summed E-state index contributed by atoms with van der Waals surface area (Å²) in [5, 5.41) is 2.12.